The number of hydrogen-bond acceptors (Lipinski definition) is 8. The lowest BCUT2D eigenvalue weighted by atomic mass is 9.79. The van der Waals surface area contributed by atoms with Gasteiger partial charge < -0.3 is 19.7 Å². The third-order valence-corrected chi connectivity index (χ3v) is 10.1. The van der Waals surface area contributed by atoms with Crippen LogP contribution < -0.4 is 15.5 Å². The van der Waals surface area contributed by atoms with E-state index in [1.807, 2.05) is 0 Å². The van der Waals surface area contributed by atoms with E-state index in [0.717, 1.165) is 32.1 Å². The van der Waals surface area contributed by atoms with Crippen LogP contribution in [-0.2, 0) is 24.3 Å². The minimum absolute atomic E-state index is 0.0332. The van der Waals surface area contributed by atoms with Gasteiger partial charge in [-0.05, 0) is 82.6 Å². The predicted octanol–water partition coefficient (Wildman–Crippen LogP) is 3.54. The minimum Gasteiger partial charge on any atom is -0.497 e. The number of hydrogen-bond donors (Lipinski definition) is 3. The van der Waals surface area contributed by atoms with E-state index >= 15 is 0 Å². The molecule has 43 heavy (non-hydrogen) atoms. The van der Waals surface area contributed by atoms with Gasteiger partial charge in [-0.15, -0.1) is 0 Å². The maximum Gasteiger partial charge on any atom is 0.407 e. The van der Waals surface area contributed by atoms with Gasteiger partial charge in [0.25, 0.3) is 0 Å². The second kappa shape index (κ2) is 15.7. The van der Waals surface area contributed by atoms with Gasteiger partial charge in [-0.2, -0.15) is 4.31 Å². The number of sulfonamides is 1. The highest BCUT2D eigenvalue weighted by Crippen LogP contribution is 2.32. The lowest BCUT2D eigenvalue weighted by molar-refractivity contribution is -0.136. The first-order valence-corrected chi connectivity index (χ1v) is 16.6. The van der Waals surface area contributed by atoms with Crippen LogP contribution >= 0.6 is 0 Å². The molecule has 0 radical (unpaired) electrons. The molecular weight excluding hydrogens is 576 g/mol. The number of carbonyl (C=O) groups is 3. The summed E-state index contributed by atoms with van der Waals surface area (Å²) in [5.74, 6) is -0.897. The Morgan fingerprint density at radius 2 is 1.67 bits per heavy atom. The molecule has 1 saturated heterocycles. The monoisotopic (exact) mass is 624 g/mol. The van der Waals surface area contributed by atoms with Crippen LogP contribution in [0.2, 0.25) is 0 Å². The molecule has 3 rings (SSSR count). The van der Waals surface area contributed by atoms with Crippen molar-refractivity contribution in [3.63, 3.8) is 0 Å². The molecule has 12 nitrogen and oxygen atoms in total. The van der Waals surface area contributed by atoms with Gasteiger partial charge in [0.1, 0.15) is 11.4 Å². The van der Waals surface area contributed by atoms with Gasteiger partial charge in [0.2, 0.25) is 21.8 Å². The number of rotatable bonds is 12. The molecule has 0 spiro atoms. The van der Waals surface area contributed by atoms with E-state index in [-0.39, 0.29) is 42.1 Å². The van der Waals surface area contributed by atoms with Gasteiger partial charge in [0.05, 0.1) is 17.9 Å². The highest BCUT2D eigenvalue weighted by molar-refractivity contribution is 7.89. The number of likely N-dealkylation sites (tertiary alicyclic amines) is 1. The number of carbonyl (C=O) groups excluding carboxylic acids is 3. The summed E-state index contributed by atoms with van der Waals surface area (Å²) < 4.78 is 39.3. The molecule has 13 heteroatoms. The van der Waals surface area contributed by atoms with E-state index in [4.69, 9.17) is 9.47 Å². The molecule has 1 aromatic carbocycles. The summed E-state index contributed by atoms with van der Waals surface area (Å²) in [5, 5.41) is 12.3. The second-order valence-corrected chi connectivity index (χ2v) is 14.4. The molecule has 0 bridgehead atoms. The molecule has 1 unspecified atom stereocenters. The maximum atomic E-state index is 13.8. The molecule has 0 aromatic heterocycles. The quantitative estimate of drug-likeness (QED) is 0.236. The van der Waals surface area contributed by atoms with Gasteiger partial charge >= 0.3 is 6.09 Å². The van der Waals surface area contributed by atoms with E-state index in [1.165, 1.54) is 23.5 Å². The number of alkyl carbamates (subject to hydrolysis) is 1. The summed E-state index contributed by atoms with van der Waals surface area (Å²) in [7, 11) is -2.58. The van der Waals surface area contributed by atoms with Crippen molar-refractivity contribution in [1.29, 1.82) is 0 Å². The minimum atomic E-state index is -4.07. The Bertz CT molecular complexity index is 1170. The van der Waals surface area contributed by atoms with Crippen LogP contribution in [0.3, 0.4) is 0 Å². The highest BCUT2D eigenvalue weighted by Gasteiger charge is 2.36. The molecule has 1 aliphatic carbocycles. The lowest BCUT2D eigenvalue weighted by Gasteiger charge is -2.34. The summed E-state index contributed by atoms with van der Waals surface area (Å²) in [5.41, 5.74) is 1.16. The number of nitrogens with one attached hydrogen (secondary N) is 2. The number of methoxy groups -OCH3 is 1. The van der Waals surface area contributed by atoms with E-state index in [9.17, 15) is 28.0 Å². The van der Waals surface area contributed by atoms with Gasteiger partial charge in [-0.3, -0.25) is 14.8 Å². The molecule has 1 aliphatic heterocycles. The molecule has 1 saturated carbocycles. The van der Waals surface area contributed by atoms with Crippen LogP contribution in [0, 0.1) is 17.8 Å². The molecule has 3 N–H and O–H groups in total. The van der Waals surface area contributed by atoms with Gasteiger partial charge in [0.15, 0.2) is 0 Å². The Morgan fingerprint density at radius 1 is 1.05 bits per heavy atom. The zero-order valence-electron chi connectivity index (χ0n) is 25.8. The van der Waals surface area contributed by atoms with E-state index in [0.29, 0.717) is 38.2 Å². The Morgan fingerprint density at radius 3 is 2.23 bits per heavy atom. The van der Waals surface area contributed by atoms with Crippen molar-refractivity contribution in [3.8, 4) is 5.75 Å². The van der Waals surface area contributed by atoms with Crippen molar-refractivity contribution < 1.29 is 37.5 Å². The number of ether oxygens (including phenoxy) is 2. The van der Waals surface area contributed by atoms with Crippen LogP contribution in [-0.4, -0.2) is 86.2 Å². The number of hydroxylamine groups is 1. The zero-order chi connectivity index (χ0) is 31.6. The van der Waals surface area contributed by atoms with Crippen molar-refractivity contribution in [2.24, 2.45) is 17.8 Å². The first kappa shape index (κ1) is 34.6. The van der Waals surface area contributed by atoms with E-state index in [2.05, 4.69) is 5.32 Å². The third-order valence-electron chi connectivity index (χ3n) is 8.24. The van der Waals surface area contributed by atoms with Crippen LogP contribution in [0.4, 0.5) is 4.79 Å². The topological polar surface area (TPSA) is 155 Å². The van der Waals surface area contributed by atoms with Gasteiger partial charge in [-0.1, -0.05) is 19.3 Å². The van der Waals surface area contributed by atoms with Crippen LogP contribution in [0.25, 0.3) is 0 Å². The first-order valence-electron chi connectivity index (χ1n) is 15.2. The molecule has 2 fully saturated rings. The van der Waals surface area contributed by atoms with E-state index in [1.54, 1.807) is 43.3 Å². The Kier molecular flexibility index (Phi) is 12.6. The molecule has 3 amide bonds. The van der Waals surface area contributed by atoms with Crippen LogP contribution in [0.15, 0.2) is 29.2 Å². The smallest absolute Gasteiger partial charge is 0.407 e. The summed E-state index contributed by atoms with van der Waals surface area (Å²) >= 11 is 0. The molecule has 2 aliphatic rings. The molecule has 242 valence electrons. The molecular formula is C30H48N4O8S. The number of amides is 3. The van der Waals surface area contributed by atoms with Crippen molar-refractivity contribution in [2.45, 2.75) is 82.6 Å². The summed E-state index contributed by atoms with van der Waals surface area (Å²) in [4.78, 5) is 39.7. The normalized spacial score (nSPS) is 17.8. The summed E-state index contributed by atoms with van der Waals surface area (Å²) in [6.07, 6.45) is 5.36. The molecule has 1 heterocycles. The highest BCUT2D eigenvalue weighted by atomic mass is 32.2. The summed E-state index contributed by atoms with van der Waals surface area (Å²) in [6, 6.07) is 6.00. The van der Waals surface area contributed by atoms with Crippen molar-refractivity contribution in [1.82, 2.24) is 20.0 Å². The fourth-order valence-corrected chi connectivity index (χ4v) is 7.26. The number of benzene rings is 1. The van der Waals surface area contributed by atoms with Gasteiger partial charge in [-0.25, -0.2) is 18.7 Å². The Balaban J connectivity index is 1.67. The lowest BCUT2D eigenvalue weighted by Crippen LogP contribution is -2.46. The van der Waals surface area contributed by atoms with Crippen LogP contribution in [0.1, 0.15) is 72.1 Å². The zero-order valence-corrected chi connectivity index (χ0v) is 26.7. The van der Waals surface area contributed by atoms with Crippen molar-refractivity contribution in [3.05, 3.63) is 24.3 Å². The van der Waals surface area contributed by atoms with Crippen molar-refractivity contribution in [2.75, 3.05) is 39.8 Å². The Hall–Kier alpha value is -2.90. The molecule has 1 aromatic rings. The molecule has 1 atom stereocenters. The van der Waals surface area contributed by atoms with Crippen molar-refractivity contribution >= 4 is 27.9 Å². The number of nitrogens with zero attached hydrogens (tertiary/aromatic N) is 2. The fourth-order valence-electron chi connectivity index (χ4n) is 5.80. The Labute approximate surface area is 255 Å². The number of piperidine rings is 1. The third kappa shape index (κ3) is 10.4. The summed E-state index contributed by atoms with van der Waals surface area (Å²) in [6.45, 7) is 6.63. The van der Waals surface area contributed by atoms with Gasteiger partial charge in [0, 0.05) is 39.1 Å². The predicted molar refractivity (Wildman–Crippen MR) is 160 cm³/mol. The SMILES string of the molecule is COc1ccc(S(=O)(=O)N(CCC(=O)N2CCC(CNC(=O)OC(C)(C)C)CC2)CC(C(=O)NO)C2CCCCC2)cc1. The largest absolute Gasteiger partial charge is 0.497 e. The maximum absolute atomic E-state index is 13.8. The first-order chi connectivity index (χ1) is 20.3. The average Bonchev–Trinajstić information content (AvgIpc) is 2.99. The second-order valence-electron chi connectivity index (χ2n) is 12.5. The van der Waals surface area contributed by atoms with E-state index < -0.39 is 33.5 Å². The standard InChI is InChI=1S/C30H48N4O8S/c1-30(2,3)42-29(37)31-20-22-14-17-33(18-15-22)27(35)16-19-34(43(39,40)25-12-10-24(41-4)11-13-25)21-26(28(36)32-38)23-8-6-5-7-9-23/h10-13,22-23,26,38H,5-9,14-21H2,1-4H3,(H,31,37)(H,32,36). The average molecular weight is 625 g/mol. The van der Waals surface area contributed by atoms with Crippen LogP contribution in [0.5, 0.6) is 5.75 Å². The fraction of sp³-hybridized carbons (Fsp3) is 0.700.